The Morgan fingerprint density at radius 2 is 1.63 bits per heavy atom. The van der Waals surface area contributed by atoms with E-state index in [1.165, 1.54) is 0 Å². The molecule has 0 radical (unpaired) electrons. The zero-order valence-corrected chi connectivity index (χ0v) is 16.3. The summed E-state index contributed by atoms with van der Waals surface area (Å²) >= 11 is 11.9. The van der Waals surface area contributed by atoms with Crippen molar-refractivity contribution in [2.75, 3.05) is 6.61 Å². The van der Waals surface area contributed by atoms with E-state index < -0.39 is 0 Å². The third-order valence-corrected chi connectivity index (χ3v) is 4.68. The summed E-state index contributed by atoms with van der Waals surface area (Å²) in [7, 11) is 0. The topological polar surface area (TPSA) is 38.3 Å². The van der Waals surface area contributed by atoms with Crippen LogP contribution >= 0.6 is 23.2 Å². The smallest absolute Gasteiger partial charge is 0.258 e. The lowest BCUT2D eigenvalue weighted by Crippen LogP contribution is -2.31. The maximum atomic E-state index is 12.2. The van der Waals surface area contributed by atoms with Gasteiger partial charge < -0.3 is 10.1 Å². The van der Waals surface area contributed by atoms with Gasteiger partial charge >= 0.3 is 0 Å². The molecule has 3 aromatic carbocycles. The number of benzene rings is 3. The van der Waals surface area contributed by atoms with E-state index in [2.05, 4.69) is 29.6 Å². The number of halogens is 2. The van der Waals surface area contributed by atoms with E-state index in [4.69, 9.17) is 27.9 Å². The summed E-state index contributed by atoms with van der Waals surface area (Å²) < 4.78 is 5.46. The van der Waals surface area contributed by atoms with E-state index >= 15 is 0 Å². The van der Waals surface area contributed by atoms with E-state index in [9.17, 15) is 4.79 Å². The van der Waals surface area contributed by atoms with Gasteiger partial charge in [-0.1, -0.05) is 77.8 Å². The first kappa shape index (κ1) is 19.3. The van der Waals surface area contributed by atoms with Crippen molar-refractivity contribution in [1.29, 1.82) is 0 Å². The predicted octanol–water partition coefficient (Wildman–Crippen LogP) is 5.92. The highest BCUT2D eigenvalue weighted by atomic mass is 35.5. The molecule has 0 heterocycles. The van der Waals surface area contributed by atoms with Gasteiger partial charge in [-0.3, -0.25) is 4.79 Å². The van der Waals surface area contributed by atoms with Crippen LogP contribution in [0.4, 0.5) is 0 Å². The number of ether oxygens (including phenoxy) is 1. The van der Waals surface area contributed by atoms with Gasteiger partial charge in [-0.05, 0) is 41.8 Å². The second-order valence-electron chi connectivity index (χ2n) is 6.14. The van der Waals surface area contributed by atoms with Crippen molar-refractivity contribution < 1.29 is 9.53 Å². The molecule has 0 aliphatic rings. The number of nitrogens with one attached hydrogen (secondary N) is 1. The standard InChI is InChI=1S/C22H19Cl2NO2/c1-15(16-7-9-18(10-8-16)17-5-3-2-4-6-17)25-22(26)14-27-21-12-11-19(23)13-20(21)24/h2-13,15H,14H2,1H3,(H,25,26)/t15-/m1/s1. The number of amides is 1. The van der Waals surface area contributed by atoms with Crippen LogP contribution in [0.5, 0.6) is 5.75 Å². The van der Waals surface area contributed by atoms with Crippen LogP contribution in [-0.4, -0.2) is 12.5 Å². The SMILES string of the molecule is C[C@@H](NC(=O)COc1ccc(Cl)cc1Cl)c1ccc(-c2ccccc2)cc1. The highest BCUT2D eigenvalue weighted by Gasteiger charge is 2.11. The molecule has 3 aromatic rings. The van der Waals surface area contributed by atoms with Gasteiger partial charge in [0.15, 0.2) is 6.61 Å². The quantitative estimate of drug-likeness (QED) is 0.558. The largest absolute Gasteiger partial charge is 0.482 e. The number of carbonyl (C=O) groups is 1. The first-order valence-corrected chi connectivity index (χ1v) is 9.31. The van der Waals surface area contributed by atoms with Crippen molar-refractivity contribution in [1.82, 2.24) is 5.32 Å². The molecule has 0 bridgehead atoms. The molecule has 3 nitrogen and oxygen atoms in total. The highest BCUT2D eigenvalue weighted by molar-refractivity contribution is 6.35. The normalized spacial score (nSPS) is 11.7. The van der Waals surface area contributed by atoms with E-state index in [0.717, 1.165) is 16.7 Å². The van der Waals surface area contributed by atoms with Gasteiger partial charge in [-0.15, -0.1) is 0 Å². The van der Waals surface area contributed by atoms with Crippen LogP contribution in [0.2, 0.25) is 10.0 Å². The van der Waals surface area contributed by atoms with E-state index in [1.807, 2.05) is 37.3 Å². The summed E-state index contributed by atoms with van der Waals surface area (Å²) in [6.07, 6.45) is 0. The minimum atomic E-state index is -0.222. The van der Waals surface area contributed by atoms with E-state index in [-0.39, 0.29) is 18.6 Å². The van der Waals surface area contributed by atoms with Gasteiger partial charge in [0.2, 0.25) is 0 Å². The number of rotatable bonds is 6. The van der Waals surface area contributed by atoms with Crippen molar-refractivity contribution in [2.45, 2.75) is 13.0 Å². The Morgan fingerprint density at radius 1 is 0.963 bits per heavy atom. The predicted molar refractivity (Wildman–Crippen MR) is 110 cm³/mol. The molecule has 0 aromatic heterocycles. The molecule has 0 spiro atoms. The molecule has 138 valence electrons. The molecular formula is C22H19Cl2NO2. The maximum Gasteiger partial charge on any atom is 0.258 e. The Balaban J connectivity index is 1.56. The maximum absolute atomic E-state index is 12.2. The fourth-order valence-electron chi connectivity index (χ4n) is 2.70. The lowest BCUT2D eigenvalue weighted by Gasteiger charge is -2.15. The van der Waals surface area contributed by atoms with Crippen LogP contribution in [-0.2, 0) is 4.79 Å². The van der Waals surface area contributed by atoms with Crippen molar-refractivity contribution in [3.05, 3.63) is 88.4 Å². The zero-order valence-electron chi connectivity index (χ0n) is 14.8. The van der Waals surface area contributed by atoms with E-state index in [0.29, 0.717) is 15.8 Å². The van der Waals surface area contributed by atoms with Gasteiger partial charge in [0.25, 0.3) is 5.91 Å². The monoisotopic (exact) mass is 399 g/mol. The minimum absolute atomic E-state index is 0.117. The van der Waals surface area contributed by atoms with Gasteiger partial charge in [-0.2, -0.15) is 0 Å². The van der Waals surface area contributed by atoms with Crippen molar-refractivity contribution in [3.8, 4) is 16.9 Å². The van der Waals surface area contributed by atoms with Crippen molar-refractivity contribution in [2.24, 2.45) is 0 Å². The molecule has 0 saturated carbocycles. The Bertz CT molecular complexity index is 911. The van der Waals surface area contributed by atoms with Crippen LogP contribution < -0.4 is 10.1 Å². The molecular weight excluding hydrogens is 381 g/mol. The first-order chi connectivity index (χ1) is 13.0. The summed E-state index contributed by atoms with van der Waals surface area (Å²) in [5.74, 6) is 0.205. The van der Waals surface area contributed by atoms with Crippen molar-refractivity contribution >= 4 is 29.1 Å². The Kier molecular flexibility index (Phi) is 6.38. The van der Waals surface area contributed by atoms with Gasteiger partial charge in [0.1, 0.15) is 5.75 Å². The molecule has 0 unspecified atom stereocenters. The molecule has 0 saturated heterocycles. The Morgan fingerprint density at radius 3 is 2.30 bits per heavy atom. The lowest BCUT2D eigenvalue weighted by atomic mass is 10.0. The number of hydrogen-bond donors (Lipinski definition) is 1. The minimum Gasteiger partial charge on any atom is -0.482 e. The molecule has 1 atom stereocenters. The fraction of sp³-hybridized carbons (Fsp3) is 0.136. The molecule has 1 N–H and O–H groups in total. The zero-order chi connectivity index (χ0) is 19.2. The second-order valence-corrected chi connectivity index (χ2v) is 6.98. The number of hydrogen-bond acceptors (Lipinski definition) is 2. The van der Waals surface area contributed by atoms with Gasteiger partial charge in [0, 0.05) is 5.02 Å². The average molecular weight is 400 g/mol. The fourth-order valence-corrected chi connectivity index (χ4v) is 3.16. The van der Waals surface area contributed by atoms with Crippen LogP contribution in [0.3, 0.4) is 0 Å². The summed E-state index contributed by atoms with van der Waals surface area (Å²) in [6.45, 7) is 1.82. The van der Waals surface area contributed by atoms with Crippen LogP contribution in [0, 0.1) is 0 Å². The molecule has 3 rings (SSSR count). The lowest BCUT2D eigenvalue weighted by molar-refractivity contribution is -0.123. The Labute approximate surface area is 168 Å². The number of carbonyl (C=O) groups excluding carboxylic acids is 1. The summed E-state index contributed by atoms with van der Waals surface area (Å²) in [5, 5.41) is 3.82. The van der Waals surface area contributed by atoms with Crippen LogP contribution in [0.1, 0.15) is 18.5 Å². The third kappa shape index (κ3) is 5.25. The summed E-state index contributed by atoms with van der Waals surface area (Å²) in [4.78, 5) is 12.2. The molecule has 0 aliphatic heterocycles. The van der Waals surface area contributed by atoms with Gasteiger partial charge in [-0.25, -0.2) is 0 Å². The molecule has 0 fully saturated rings. The highest BCUT2D eigenvalue weighted by Crippen LogP contribution is 2.27. The summed E-state index contributed by atoms with van der Waals surface area (Å²) in [6, 6.07) is 23.1. The Hall–Kier alpha value is -2.49. The molecule has 0 aliphatic carbocycles. The average Bonchev–Trinajstić information content (AvgIpc) is 2.68. The summed E-state index contributed by atoms with van der Waals surface area (Å²) in [5.41, 5.74) is 3.32. The van der Waals surface area contributed by atoms with Crippen LogP contribution in [0.25, 0.3) is 11.1 Å². The first-order valence-electron chi connectivity index (χ1n) is 8.55. The molecule has 5 heteroatoms. The second kappa shape index (κ2) is 8.94. The van der Waals surface area contributed by atoms with Crippen molar-refractivity contribution in [3.63, 3.8) is 0 Å². The van der Waals surface area contributed by atoms with Crippen LogP contribution in [0.15, 0.2) is 72.8 Å². The van der Waals surface area contributed by atoms with E-state index in [1.54, 1.807) is 18.2 Å². The molecule has 27 heavy (non-hydrogen) atoms. The van der Waals surface area contributed by atoms with Gasteiger partial charge in [0.05, 0.1) is 11.1 Å². The third-order valence-electron chi connectivity index (χ3n) is 4.15. The molecule has 1 amide bonds.